The molecule has 0 aromatic carbocycles. The highest BCUT2D eigenvalue weighted by molar-refractivity contribution is 4.68. The summed E-state index contributed by atoms with van der Waals surface area (Å²) in [5, 5.41) is 8.38. The Hall–Kier alpha value is -0.150. The average molecular weight is 148 g/mol. The monoisotopic (exact) mass is 148 g/mol. The number of aliphatic hydroxyl groups excluding tert-OH is 1. The van der Waals surface area contributed by atoms with Gasteiger partial charge in [0.05, 0.1) is 6.61 Å². The highest BCUT2D eigenvalue weighted by Gasteiger charge is 2.19. The zero-order valence-corrected chi connectivity index (χ0v) is 5.92. The summed E-state index contributed by atoms with van der Waals surface area (Å²) >= 11 is 0. The van der Waals surface area contributed by atoms with Crippen LogP contribution in [0.25, 0.3) is 0 Å². The molecule has 0 bridgehead atoms. The van der Waals surface area contributed by atoms with Gasteiger partial charge in [-0.25, -0.2) is 4.39 Å². The van der Waals surface area contributed by atoms with Gasteiger partial charge >= 0.3 is 0 Å². The zero-order valence-electron chi connectivity index (χ0n) is 5.92. The molecular weight excluding hydrogens is 135 g/mol. The minimum absolute atomic E-state index is 0.335. The standard InChI is InChI=1S/C7H13FO2/c8-7(4-9)3-6-1-2-10-5-6/h6-7,9H,1-5H2/t6-,7+/m0/s1. The molecular formula is C7H13FO2. The van der Waals surface area contributed by atoms with Crippen LogP contribution in [0.4, 0.5) is 4.39 Å². The van der Waals surface area contributed by atoms with Crippen molar-refractivity contribution in [3.05, 3.63) is 0 Å². The summed E-state index contributed by atoms with van der Waals surface area (Å²) < 4.78 is 17.5. The van der Waals surface area contributed by atoms with Gasteiger partial charge in [0.1, 0.15) is 6.17 Å². The molecule has 0 aliphatic carbocycles. The Labute approximate surface area is 60.0 Å². The van der Waals surface area contributed by atoms with Gasteiger partial charge in [-0.1, -0.05) is 0 Å². The topological polar surface area (TPSA) is 29.5 Å². The van der Waals surface area contributed by atoms with Gasteiger partial charge in [-0.15, -0.1) is 0 Å². The molecule has 0 aromatic rings. The Morgan fingerprint density at radius 1 is 1.70 bits per heavy atom. The van der Waals surface area contributed by atoms with Crippen LogP contribution in [0.2, 0.25) is 0 Å². The highest BCUT2D eigenvalue weighted by atomic mass is 19.1. The van der Waals surface area contributed by atoms with Gasteiger partial charge in [-0.3, -0.25) is 0 Å². The second-order valence-electron chi connectivity index (χ2n) is 2.75. The third-order valence-corrected chi connectivity index (χ3v) is 1.81. The van der Waals surface area contributed by atoms with Crippen molar-refractivity contribution in [1.82, 2.24) is 0 Å². The van der Waals surface area contributed by atoms with E-state index in [1.165, 1.54) is 0 Å². The second-order valence-corrected chi connectivity index (χ2v) is 2.75. The van der Waals surface area contributed by atoms with E-state index < -0.39 is 6.17 Å². The summed E-state index contributed by atoms with van der Waals surface area (Å²) in [6.07, 6.45) is 0.350. The maximum absolute atomic E-state index is 12.5. The third-order valence-electron chi connectivity index (χ3n) is 1.81. The Balaban J connectivity index is 2.11. The molecule has 1 aliphatic heterocycles. The first kappa shape index (κ1) is 7.95. The van der Waals surface area contributed by atoms with E-state index in [4.69, 9.17) is 9.84 Å². The van der Waals surface area contributed by atoms with E-state index in [-0.39, 0.29) is 6.61 Å². The molecule has 1 aliphatic rings. The lowest BCUT2D eigenvalue weighted by atomic mass is 10.0. The van der Waals surface area contributed by atoms with Crippen molar-refractivity contribution in [2.75, 3.05) is 19.8 Å². The van der Waals surface area contributed by atoms with Crippen molar-refractivity contribution in [2.24, 2.45) is 5.92 Å². The molecule has 1 N–H and O–H groups in total. The van der Waals surface area contributed by atoms with Gasteiger partial charge in [0, 0.05) is 13.2 Å². The molecule has 2 nitrogen and oxygen atoms in total. The summed E-state index contributed by atoms with van der Waals surface area (Å²) in [6.45, 7) is 1.07. The van der Waals surface area contributed by atoms with E-state index in [0.29, 0.717) is 18.9 Å². The van der Waals surface area contributed by atoms with Crippen LogP contribution in [0.1, 0.15) is 12.8 Å². The van der Waals surface area contributed by atoms with Gasteiger partial charge in [-0.05, 0) is 18.8 Å². The van der Waals surface area contributed by atoms with E-state index in [9.17, 15) is 4.39 Å². The van der Waals surface area contributed by atoms with E-state index >= 15 is 0 Å². The lowest BCUT2D eigenvalue weighted by Crippen LogP contribution is -2.12. The second kappa shape index (κ2) is 3.88. The normalized spacial score (nSPS) is 28.8. The molecule has 0 aromatic heterocycles. The van der Waals surface area contributed by atoms with E-state index in [1.807, 2.05) is 0 Å². The first-order valence-corrected chi connectivity index (χ1v) is 3.65. The van der Waals surface area contributed by atoms with E-state index in [0.717, 1.165) is 13.0 Å². The molecule has 0 radical (unpaired) electrons. The number of alkyl halides is 1. The number of aliphatic hydroxyl groups is 1. The van der Waals surface area contributed by atoms with Crippen LogP contribution in [0, 0.1) is 5.92 Å². The Bertz CT molecular complexity index is 91.6. The lowest BCUT2D eigenvalue weighted by molar-refractivity contribution is 0.139. The Morgan fingerprint density at radius 2 is 2.50 bits per heavy atom. The molecule has 60 valence electrons. The molecule has 0 saturated carbocycles. The Kier molecular flexibility index (Phi) is 3.09. The van der Waals surface area contributed by atoms with Crippen LogP contribution < -0.4 is 0 Å². The van der Waals surface area contributed by atoms with Crippen LogP contribution in [-0.4, -0.2) is 31.1 Å². The predicted octanol–water partition coefficient (Wildman–Crippen LogP) is 0.743. The summed E-state index contributed by atoms with van der Waals surface area (Å²) in [7, 11) is 0. The molecule has 1 saturated heterocycles. The molecule has 1 heterocycles. The number of halogens is 1. The van der Waals surface area contributed by atoms with Gasteiger partial charge in [0.2, 0.25) is 0 Å². The summed E-state index contributed by atoms with van der Waals surface area (Å²) in [5.41, 5.74) is 0. The fourth-order valence-corrected chi connectivity index (χ4v) is 1.21. The number of rotatable bonds is 3. The van der Waals surface area contributed by atoms with Crippen molar-refractivity contribution < 1.29 is 14.2 Å². The molecule has 2 atom stereocenters. The van der Waals surface area contributed by atoms with Crippen molar-refractivity contribution in [3.8, 4) is 0 Å². The smallest absolute Gasteiger partial charge is 0.123 e. The van der Waals surface area contributed by atoms with Crippen molar-refractivity contribution in [3.63, 3.8) is 0 Å². The quantitative estimate of drug-likeness (QED) is 0.639. The molecule has 10 heavy (non-hydrogen) atoms. The van der Waals surface area contributed by atoms with Gasteiger partial charge in [-0.2, -0.15) is 0 Å². The molecule has 1 fully saturated rings. The van der Waals surface area contributed by atoms with Gasteiger partial charge in [0.25, 0.3) is 0 Å². The molecule has 0 amide bonds. The highest BCUT2D eigenvalue weighted by Crippen LogP contribution is 2.18. The summed E-state index contributed by atoms with van der Waals surface area (Å²) in [6, 6.07) is 0. The summed E-state index contributed by atoms with van der Waals surface area (Å²) in [4.78, 5) is 0. The van der Waals surface area contributed by atoms with Gasteiger partial charge < -0.3 is 9.84 Å². The first-order valence-electron chi connectivity index (χ1n) is 3.65. The van der Waals surface area contributed by atoms with Gasteiger partial charge in [0.15, 0.2) is 0 Å². The van der Waals surface area contributed by atoms with Crippen molar-refractivity contribution in [1.29, 1.82) is 0 Å². The third kappa shape index (κ3) is 2.23. The summed E-state index contributed by atoms with van der Waals surface area (Å²) in [5.74, 6) is 0.335. The average Bonchev–Trinajstić information content (AvgIpc) is 2.40. The largest absolute Gasteiger partial charge is 0.393 e. The van der Waals surface area contributed by atoms with Crippen LogP contribution in [-0.2, 0) is 4.74 Å². The SMILES string of the molecule is OC[C@H](F)C[C@@H]1CCOC1. The lowest BCUT2D eigenvalue weighted by Gasteiger charge is -2.08. The molecule has 1 rings (SSSR count). The van der Waals surface area contributed by atoms with Crippen LogP contribution >= 0.6 is 0 Å². The molecule has 0 spiro atoms. The number of hydrogen-bond acceptors (Lipinski definition) is 2. The number of hydrogen-bond donors (Lipinski definition) is 1. The zero-order chi connectivity index (χ0) is 7.40. The predicted molar refractivity (Wildman–Crippen MR) is 35.5 cm³/mol. The minimum atomic E-state index is -1.05. The van der Waals surface area contributed by atoms with Crippen molar-refractivity contribution in [2.45, 2.75) is 19.0 Å². The fourth-order valence-electron chi connectivity index (χ4n) is 1.21. The van der Waals surface area contributed by atoms with Crippen LogP contribution in [0.3, 0.4) is 0 Å². The maximum atomic E-state index is 12.5. The maximum Gasteiger partial charge on any atom is 0.123 e. The van der Waals surface area contributed by atoms with Crippen LogP contribution in [0.5, 0.6) is 0 Å². The Morgan fingerprint density at radius 3 is 3.00 bits per heavy atom. The molecule has 3 heteroatoms. The fraction of sp³-hybridized carbons (Fsp3) is 1.00. The van der Waals surface area contributed by atoms with E-state index in [2.05, 4.69) is 0 Å². The first-order chi connectivity index (χ1) is 4.83. The molecule has 0 unspecified atom stereocenters. The van der Waals surface area contributed by atoms with Crippen LogP contribution in [0.15, 0.2) is 0 Å². The van der Waals surface area contributed by atoms with Crippen molar-refractivity contribution >= 4 is 0 Å². The minimum Gasteiger partial charge on any atom is -0.393 e. The van der Waals surface area contributed by atoms with E-state index in [1.54, 1.807) is 0 Å². The number of ether oxygens (including phenoxy) is 1.